The summed E-state index contributed by atoms with van der Waals surface area (Å²) < 4.78 is 5.50. The maximum atomic E-state index is 6.44. The number of nitrogens with two attached hydrogens (primary N) is 2. The van der Waals surface area contributed by atoms with Crippen molar-refractivity contribution in [3.8, 4) is 0 Å². The number of fused-ring (bicyclic) bond motifs is 1. The molecule has 25 heavy (non-hydrogen) atoms. The quantitative estimate of drug-likeness (QED) is 0.693. The Kier molecular flexibility index (Phi) is 4.50. The summed E-state index contributed by atoms with van der Waals surface area (Å²) >= 11 is 0. The van der Waals surface area contributed by atoms with E-state index < -0.39 is 5.79 Å². The summed E-state index contributed by atoms with van der Waals surface area (Å²) in [6.07, 6.45) is 8.09. The largest absolute Gasteiger partial charge is 0.384 e. The number of amidine groups is 1. The van der Waals surface area contributed by atoms with Crippen molar-refractivity contribution in [1.29, 1.82) is 0 Å². The molecule has 0 saturated carbocycles. The Morgan fingerprint density at radius 3 is 2.68 bits per heavy atom. The van der Waals surface area contributed by atoms with Crippen LogP contribution in [0.4, 0.5) is 0 Å². The monoisotopic (exact) mass is 341 g/mol. The lowest BCUT2D eigenvalue weighted by atomic mass is 9.97. The number of nitrogens with zero attached hydrogens (tertiary/aromatic N) is 2. The van der Waals surface area contributed by atoms with Crippen LogP contribution in [0, 0.1) is 0 Å². The van der Waals surface area contributed by atoms with Crippen molar-refractivity contribution < 1.29 is 4.74 Å². The number of rotatable bonds is 2. The van der Waals surface area contributed by atoms with Crippen molar-refractivity contribution in [2.45, 2.75) is 37.5 Å². The Labute approximate surface area is 148 Å². The molecule has 2 heterocycles. The predicted octanol–water partition coefficient (Wildman–Crippen LogP) is 0.809. The summed E-state index contributed by atoms with van der Waals surface area (Å²) in [7, 11) is 0. The van der Waals surface area contributed by atoms with Gasteiger partial charge in [-0.2, -0.15) is 0 Å². The zero-order valence-electron chi connectivity index (χ0n) is 14.6. The van der Waals surface area contributed by atoms with Crippen LogP contribution in [-0.2, 0) is 23.4 Å². The zero-order chi connectivity index (χ0) is 17.3. The lowest BCUT2D eigenvalue weighted by Gasteiger charge is -2.34. The first-order valence-electron chi connectivity index (χ1n) is 9.16. The number of hydrogen-bond acceptors (Lipinski definition) is 6. The van der Waals surface area contributed by atoms with Gasteiger partial charge in [0.25, 0.3) is 0 Å². The molecule has 1 aliphatic carbocycles. The highest BCUT2D eigenvalue weighted by Gasteiger charge is 2.29. The van der Waals surface area contributed by atoms with Crippen LogP contribution in [-0.4, -0.2) is 43.1 Å². The molecule has 1 saturated heterocycles. The number of aliphatic imine (C=N–C) groups is 1. The molecule has 1 fully saturated rings. The fourth-order valence-electron chi connectivity index (χ4n) is 4.11. The highest BCUT2D eigenvalue weighted by atomic mass is 16.5. The van der Waals surface area contributed by atoms with E-state index in [0.29, 0.717) is 11.9 Å². The molecule has 134 valence electrons. The standard InChI is InChI=1S/C19H27N5O/c20-18-7-8-22-19(21,23-18)16-4-1-14-2-5-17(6-3-15(14)13-16)24-9-11-25-12-10-24/h1,4,7-8,13,17,22H,2-3,5-6,9-12,21H2,(H2,20,23). The first kappa shape index (κ1) is 16.6. The van der Waals surface area contributed by atoms with Crippen LogP contribution in [0.15, 0.2) is 35.5 Å². The highest BCUT2D eigenvalue weighted by Crippen LogP contribution is 2.28. The van der Waals surface area contributed by atoms with Gasteiger partial charge in [0.05, 0.1) is 13.2 Å². The van der Waals surface area contributed by atoms with Crippen LogP contribution >= 0.6 is 0 Å². The van der Waals surface area contributed by atoms with E-state index in [1.807, 2.05) is 0 Å². The van der Waals surface area contributed by atoms with Crippen molar-refractivity contribution >= 4 is 5.84 Å². The third-order valence-corrected chi connectivity index (χ3v) is 5.57. The number of morpholine rings is 1. The van der Waals surface area contributed by atoms with Gasteiger partial charge in [-0.15, -0.1) is 0 Å². The molecule has 0 amide bonds. The van der Waals surface area contributed by atoms with Crippen LogP contribution in [0.1, 0.15) is 29.5 Å². The Balaban J connectivity index is 1.53. The van der Waals surface area contributed by atoms with E-state index in [-0.39, 0.29) is 0 Å². The van der Waals surface area contributed by atoms with E-state index in [1.54, 1.807) is 12.3 Å². The molecule has 3 aliphatic rings. The summed E-state index contributed by atoms with van der Waals surface area (Å²) in [5, 5.41) is 3.13. The molecule has 2 aliphatic heterocycles. The lowest BCUT2D eigenvalue weighted by molar-refractivity contribution is 0.0136. The van der Waals surface area contributed by atoms with Crippen LogP contribution in [0.25, 0.3) is 0 Å². The summed E-state index contributed by atoms with van der Waals surface area (Å²) in [6.45, 7) is 3.84. The van der Waals surface area contributed by atoms with Crippen LogP contribution < -0.4 is 16.8 Å². The fraction of sp³-hybridized carbons (Fsp3) is 0.526. The maximum absolute atomic E-state index is 6.44. The number of hydrogen-bond donors (Lipinski definition) is 3. The third kappa shape index (κ3) is 3.42. The average Bonchev–Trinajstić information content (AvgIpc) is 2.84. The van der Waals surface area contributed by atoms with Gasteiger partial charge in [-0.05, 0) is 49.0 Å². The van der Waals surface area contributed by atoms with E-state index in [9.17, 15) is 0 Å². The third-order valence-electron chi connectivity index (χ3n) is 5.57. The van der Waals surface area contributed by atoms with Gasteiger partial charge in [0.1, 0.15) is 5.84 Å². The average molecular weight is 341 g/mol. The van der Waals surface area contributed by atoms with Gasteiger partial charge >= 0.3 is 0 Å². The SMILES string of the molecule is NC1=NC(N)(c2ccc3c(c2)CCC(N2CCOCC2)CC3)NC=C1. The Morgan fingerprint density at radius 2 is 1.92 bits per heavy atom. The van der Waals surface area contributed by atoms with Crippen molar-refractivity contribution in [3.05, 3.63) is 47.2 Å². The summed E-state index contributed by atoms with van der Waals surface area (Å²) in [6, 6.07) is 7.15. The minimum absolute atomic E-state index is 0.448. The number of benzene rings is 1. The van der Waals surface area contributed by atoms with E-state index in [0.717, 1.165) is 44.7 Å². The normalized spacial score (nSPS) is 30.1. The molecule has 2 atom stereocenters. The lowest BCUT2D eigenvalue weighted by Crippen LogP contribution is -2.49. The predicted molar refractivity (Wildman–Crippen MR) is 99.0 cm³/mol. The number of nitrogens with one attached hydrogen (secondary N) is 1. The van der Waals surface area contributed by atoms with Gasteiger partial charge in [0, 0.05) is 30.9 Å². The molecule has 5 N–H and O–H groups in total. The van der Waals surface area contributed by atoms with Gasteiger partial charge in [-0.3, -0.25) is 10.6 Å². The number of ether oxygens (including phenoxy) is 1. The summed E-state index contributed by atoms with van der Waals surface area (Å²) in [5.74, 6) is -0.521. The van der Waals surface area contributed by atoms with Crippen molar-refractivity contribution in [1.82, 2.24) is 10.2 Å². The Hall–Kier alpha value is -1.89. The van der Waals surface area contributed by atoms with Gasteiger partial charge < -0.3 is 15.8 Å². The fourth-order valence-corrected chi connectivity index (χ4v) is 4.11. The molecule has 1 aromatic rings. The van der Waals surface area contributed by atoms with Gasteiger partial charge in [-0.25, -0.2) is 4.99 Å². The van der Waals surface area contributed by atoms with Gasteiger partial charge in [-0.1, -0.05) is 12.1 Å². The van der Waals surface area contributed by atoms with Gasteiger partial charge in [0.15, 0.2) is 0 Å². The van der Waals surface area contributed by atoms with Crippen LogP contribution in [0.2, 0.25) is 0 Å². The molecule has 0 bridgehead atoms. The molecule has 6 heteroatoms. The zero-order valence-corrected chi connectivity index (χ0v) is 14.6. The minimum atomic E-state index is -0.968. The molecular formula is C19H27N5O. The minimum Gasteiger partial charge on any atom is -0.384 e. The highest BCUT2D eigenvalue weighted by molar-refractivity contribution is 5.92. The van der Waals surface area contributed by atoms with E-state index in [2.05, 4.69) is 33.4 Å². The molecule has 2 unspecified atom stereocenters. The van der Waals surface area contributed by atoms with Crippen LogP contribution in [0.5, 0.6) is 0 Å². The molecule has 4 rings (SSSR count). The van der Waals surface area contributed by atoms with Crippen molar-refractivity contribution in [2.75, 3.05) is 26.3 Å². The van der Waals surface area contributed by atoms with Crippen molar-refractivity contribution in [2.24, 2.45) is 16.5 Å². The summed E-state index contributed by atoms with van der Waals surface area (Å²) in [5.41, 5.74) is 16.1. The maximum Gasteiger partial charge on any atom is 0.211 e. The van der Waals surface area contributed by atoms with Crippen LogP contribution in [0.3, 0.4) is 0 Å². The number of aryl methyl sites for hydroxylation is 2. The van der Waals surface area contributed by atoms with Crippen molar-refractivity contribution in [3.63, 3.8) is 0 Å². The molecule has 1 aromatic carbocycles. The second kappa shape index (κ2) is 6.78. The second-order valence-electron chi connectivity index (χ2n) is 7.14. The Morgan fingerprint density at radius 1 is 1.16 bits per heavy atom. The molecule has 0 spiro atoms. The van der Waals surface area contributed by atoms with Gasteiger partial charge in [0.2, 0.25) is 5.79 Å². The first-order chi connectivity index (χ1) is 12.1. The molecule has 6 nitrogen and oxygen atoms in total. The molecule has 0 radical (unpaired) electrons. The topological polar surface area (TPSA) is 88.9 Å². The smallest absolute Gasteiger partial charge is 0.211 e. The van der Waals surface area contributed by atoms with E-state index in [1.165, 1.54) is 24.0 Å². The second-order valence-corrected chi connectivity index (χ2v) is 7.14. The van der Waals surface area contributed by atoms with E-state index >= 15 is 0 Å². The molecule has 0 aromatic heterocycles. The first-order valence-corrected chi connectivity index (χ1v) is 9.16. The summed E-state index contributed by atoms with van der Waals surface area (Å²) in [4.78, 5) is 6.99. The Bertz CT molecular complexity index is 695. The van der Waals surface area contributed by atoms with E-state index in [4.69, 9.17) is 16.2 Å². The molecular weight excluding hydrogens is 314 g/mol.